The number of rotatable bonds is 6. The van der Waals surface area contributed by atoms with Gasteiger partial charge in [-0.25, -0.2) is 13.2 Å². The predicted octanol–water partition coefficient (Wildman–Crippen LogP) is 3.08. The SMILES string of the molecule is COC(=O)c1ccc(NC(=O)C2CN(S(=O)(=O)c3ccc(OC)cc3)c3ccccc3O2)cc1. The van der Waals surface area contributed by atoms with Crippen LogP contribution in [0.5, 0.6) is 11.5 Å². The zero-order valence-electron chi connectivity index (χ0n) is 18.4. The largest absolute Gasteiger partial charge is 0.497 e. The van der Waals surface area contributed by atoms with Crippen molar-refractivity contribution in [3.8, 4) is 11.5 Å². The number of carbonyl (C=O) groups is 2. The highest BCUT2D eigenvalue weighted by molar-refractivity contribution is 7.92. The molecule has 0 spiro atoms. The van der Waals surface area contributed by atoms with Crippen molar-refractivity contribution in [3.05, 3.63) is 78.4 Å². The first-order valence-electron chi connectivity index (χ1n) is 10.2. The van der Waals surface area contributed by atoms with Crippen LogP contribution in [0, 0.1) is 0 Å². The summed E-state index contributed by atoms with van der Waals surface area (Å²) >= 11 is 0. The summed E-state index contributed by atoms with van der Waals surface area (Å²) < 4.78 is 43.7. The summed E-state index contributed by atoms with van der Waals surface area (Å²) in [5.41, 5.74) is 1.09. The van der Waals surface area contributed by atoms with Crippen LogP contribution < -0.4 is 19.1 Å². The van der Waals surface area contributed by atoms with Crippen molar-refractivity contribution in [2.75, 3.05) is 30.4 Å². The van der Waals surface area contributed by atoms with Gasteiger partial charge in [-0.3, -0.25) is 9.10 Å². The van der Waals surface area contributed by atoms with Gasteiger partial charge in [-0.2, -0.15) is 0 Å². The third-order valence-electron chi connectivity index (χ3n) is 5.25. The highest BCUT2D eigenvalue weighted by Gasteiger charge is 2.37. The van der Waals surface area contributed by atoms with Gasteiger partial charge in [0.1, 0.15) is 11.5 Å². The van der Waals surface area contributed by atoms with E-state index >= 15 is 0 Å². The molecule has 1 aliphatic heterocycles. The number of hydrogen-bond acceptors (Lipinski definition) is 7. The first-order valence-corrected chi connectivity index (χ1v) is 11.7. The van der Waals surface area contributed by atoms with E-state index in [0.29, 0.717) is 22.7 Å². The standard InChI is InChI=1S/C24H22N2O7S/c1-31-18-11-13-19(14-12-18)34(29,30)26-15-22(33-21-6-4-3-5-20(21)26)23(27)25-17-9-7-16(8-10-17)24(28)32-2/h3-14,22H,15H2,1-2H3,(H,25,27). The number of benzene rings is 3. The topological polar surface area (TPSA) is 111 Å². The highest BCUT2D eigenvalue weighted by atomic mass is 32.2. The van der Waals surface area contributed by atoms with Gasteiger partial charge in [-0.05, 0) is 60.7 Å². The van der Waals surface area contributed by atoms with Gasteiger partial charge < -0.3 is 19.5 Å². The van der Waals surface area contributed by atoms with E-state index in [1.807, 2.05) is 0 Å². The van der Waals surface area contributed by atoms with Gasteiger partial charge in [-0.15, -0.1) is 0 Å². The Labute approximate surface area is 196 Å². The van der Waals surface area contributed by atoms with Crippen molar-refractivity contribution in [3.63, 3.8) is 0 Å². The number of nitrogens with one attached hydrogen (secondary N) is 1. The summed E-state index contributed by atoms with van der Waals surface area (Å²) in [6.07, 6.45) is -1.11. The van der Waals surface area contributed by atoms with E-state index < -0.39 is 28.0 Å². The Kier molecular flexibility index (Phi) is 6.42. The van der Waals surface area contributed by atoms with E-state index in [2.05, 4.69) is 10.1 Å². The zero-order chi connectivity index (χ0) is 24.3. The van der Waals surface area contributed by atoms with Gasteiger partial charge in [-0.1, -0.05) is 12.1 Å². The smallest absolute Gasteiger partial charge is 0.337 e. The number of sulfonamides is 1. The van der Waals surface area contributed by atoms with Crippen LogP contribution in [0.25, 0.3) is 0 Å². The van der Waals surface area contributed by atoms with E-state index in [1.54, 1.807) is 48.5 Å². The number of carbonyl (C=O) groups excluding carboxylic acids is 2. The quantitative estimate of drug-likeness (QED) is 0.538. The van der Waals surface area contributed by atoms with Crippen LogP contribution in [0.2, 0.25) is 0 Å². The maximum atomic E-state index is 13.5. The Morgan fingerprint density at radius 3 is 2.29 bits per heavy atom. The molecule has 1 N–H and O–H groups in total. The Bertz CT molecular complexity index is 1310. The van der Waals surface area contributed by atoms with Crippen LogP contribution >= 0.6 is 0 Å². The lowest BCUT2D eigenvalue weighted by Crippen LogP contribution is -2.48. The van der Waals surface area contributed by atoms with Crippen molar-refractivity contribution < 1.29 is 32.2 Å². The summed E-state index contributed by atoms with van der Waals surface area (Å²) in [5.74, 6) is -0.233. The molecule has 10 heteroatoms. The molecule has 0 bridgehead atoms. The third kappa shape index (κ3) is 4.53. The molecule has 0 saturated carbocycles. The van der Waals surface area contributed by atoms with Crippen molar-refractivity contribution in [1.82, 2.24) is 0 Å². The molecule has 0 saturated heterocycles. The molecule has 1 atom stereocenters. The number of nitrogens with zero attached hydrogens (tertiary/aromatic N) is 1. The Morgan fingerprint density at radius 2 is 1.65 bits per heavy atom. The minimum atomic E-state index is -3.99. The van der Waals surface area contributed by atoms with Crippen molar-refractivity contribution in [2.45, 2.75) is 11.0 Å². The average Bonchev–Trinajstić information content (AvgIpc) is 2.87. The molecular weight excluding hydrogens is 460 g/mol. The molecule has 3 aromatic rings. The second kappa shape index (κ2) is 9.44. The second-order valence-electron chi connectivity index (χ2n) is 7.34. The van der Waals surface area contributed by atoms with Crippen LogP contribution in [0.4, 0.5) is 11.4 Å². The van der Waals surface area contributed by atoms with E-state index in [-0.39, 0.29) is 17.2 Å². The van der Waals surface area contributed by atoms with Gasteiger partial charge in [0.05, 0.1) is 36.9 Å². The van der Waals surface area contributed by atoms with E-state index in [9.17, 15) is 18.0 Å². The minimum absolute atomic E-state index is 0.0579. The molecule has 1 unspecified atom stereocenters. The fourth-order valence-electron chi connectivity index (χ4n) is 3.47. The zero-order valence-corrected chi connectivity index (χ0v) is 19.2. The predicted molar refractivity (Wildman–Crippen MR) is 125 cm³/mol. The van der Waals surface area contributed by atoms with Crippen LogP contribution in [-0.4, -0.2) is 47.2 Å². The summed E-state index contributed by atoms with van der Waals surface area (Å²) in [5, 5.41) is 2.70. The maximum Gasteiger partial charge on any atom is 0.337 e. The molecule has 0 aliphatic carbocycles. The van der Waals surface area contributed by atoms with Crippen LogP contribution in [0.3, 0.4) is 0 Å². The van der Waals surface area contributed by atoms with Gasteiger partial charge in [0, 0.05) is 5.69 Å². The Balaban J connectivity index is 1.59. The summed E-state index contributed by atoms with van der Waals surface area (Å²) in [4.78, 5) is 24.6. The molecule has 0 radical (unpaired) electrons. The van der Waals surface area contributed by atoms with Crippen LogP contribution in [0.1, 0.15) is 10.4 Å². The number of fused-ring (bicyclic) bond motifs is 1. The summed E-state index contributed by atoms with van der Waals surface area (Å²) in [6, 6.07) is 18.8. The first-order chi connectivity index (χ1) is 16.3. The number of para-hydroxylation sites is 2. The molecule has 1 amide bonds. The molecule has 0 fully saturated rings. The van der Waals surface area contributed by atoms with Crippen LogP contribution in [0.15, 0.2) is 77.7 Å². The number of anilines is 2. The van der Waals surface area contributed by atoms with E-state index in [0.717, 1.165) is 4.31 Å². The third-order valence-corrected chi connectivity index (χ3v) is 7.04. The van der Waals surface area contributed by atoms with Crippen LogP contribution in [-0.2, 0) is 19.6 Å². The van der Waals surface area contributed by atoms with Gasteiger partial charge in [0.15, 0.2) is 6.10 Å². The van der Waals surface area contributed by atoms with Gasteiger partial charge >= 0.3 is 5.97 Å². The lowest BCUT2D eigenvalue weighted by molar-refractivity contribution is -0.122. The minimum Gasteiger partial charge on any atom is -0.497 e. The first kappa shape index (κ1) is 23.1. The lowest BCUT2D eigenvalue weighted by Gasteiger charge is -2.34. The van der Waals surface area contributed by atoms with Gasteiger partial charge in [0.2, 0.25) is 0 Å². The molecule has 34 heavy (non-hydrogen) atoms. The number of esters is 1. The van der Waals surface area contributed by atoms with Crippen molar-refractivity contribution >= 4 is 33.3 Å². The normalized spacial score (nSPS) is 15.0. The van der Waals surface area contributed by atoms with E-state index in [1.165, 1.54) is 38.5 Å². The van der Waals surface area contributed by atoms with Crippen molar-refractivity contribution in [2.24, 2.45) is 0 Å². The molecule has 1 heterocycles. The fraction of sp³-hybridized carbons (Fsp3) is 0.167. The molecule has 3 aromatic carbocycles. The average molecular weight is 483 g/mol. The highest BCUT2D eigenvalue weighted by Crippen LogP contribution is 2.37. The summed E-state index contributed by atoms with van der Waals surface area (Å²) in [7, 11) is -1.22. The molecular formula is C24H22N2O7S. The van der Waals surface area contributed by atoms with E-state index in [4.69, 9.17) is 9.47 Å². The fourth-order valence-corrected chi connectivity index (χ4v) is 4.95. The lowest BCUT2D eigenvalue weighted by atomic mass is 10.2. The number of methoxy groups -OCH3 is 2. The number of ether oxygens (including phenoxy) is 3. The number of hydrogen-bond donors (Lipinski definition) is 1. The maximum absolute atomic E-state index is 13.5. The molecule has 1 aliphatic rings. The molecule has 176 valence electrons. The number of amides is 1. The van der Waals surface area contributed by atoms with Crippen molar-refractivity contribution in [1.29, 1.82) is 0 Å². The monoisotopic (exact) mass is 482 g/mol. The molecule has 4 rings (SSSR count). The Morgan fingerprint density at radius 1 is 0.971 bits per heavy atom. The molecule has 9 nitrogen and oxygen atoms in total. The molecule has 0 aromatic heterocycles. The van der Waals surface area contributed by atoms with Gasteiger partial charge in [0.25, 0.3) is 15.9 Å². The summed E-state index contributed by atoms with van der Waals surface area (Å²) in [6.45, 7) is -0.225. The second-order valence-corrected chi connectivity index (χ2v) is 9.21. The Hall–Kier alpha value is -4.05.